The van der Waals surface area contributed by atoms with Gasteiger partial charge in [-0.25, -0.2) is 17.6 Å². The third-order valence-corrected chi connectivity index (χ3v) is 1.89. The third kappa shape index (κ3) is 13.5. The predicted molar refractivity (Wildman–Crippen MR) is 81.2 cm³/mol. The molecule has 0 atom stereocenters. The standard InChI is InChI=1S/C9H8F4O2.3C2H6O.Zr/c1-15-3-5-8(12)6(10)4(2-14)7(11)9(5)13;3*1-2-3;/h14H,2-3H2,1H3;3*3H,2H2,1H3;. The maximum Gasteiger partial charge on any atom is 0.167 e. The molecule has 0 amide bonds. The quantitative estimate of drug-likeness (QED) is 0.415. The first kappa shape index (κ1) is 32.3. The van der Waals surface area contributed by atoms with E-state index < -0.39 is 47.6 Å². The molecule has 10 heteroatoms. The summed E-state index contributed by atoms with van der Waals surface area (Å²) in [7, 11) is 1.13. The van der Waals surface area contributed by atoms with Crippen LogP contribution < -0.4 is 0 Å². The van der Waals surface area contributed by atoms with Gasteiger partial charge < -0.3 is 25.2 Å². The third-order valence-electron chi connectivity index (χ3n) is 1.89. The van der Waals surface area contributed by atoms with Gasteiger partial charge in [-0.05, 0) is 20.8 Å². The summed E-state index contributed by atoms with van der Waals surface area (Å²) in [5, 5.41) is 31.2. The summed E-state index contributed by atoms with van der Waals surface area (Å²) < 4.78 is 56.7. The van der Waals surface area contributed by atoms with Crippen molar-refractivity contribution < 1.29 is 68.9 Å². The van der Waals surface area contributed by atoms with Crippen LogP contribution in [0.15, 0.2) is 0 Å². The number of methoxy groups -OCH3 is 1. The van der Waals surface area contributed by atoms with Crippen molar-refractivity contribution in [2.45, 2.75) is 34.0 Å². The molecule has 5 nitrogen and oxygen atoms in total. The maximum atomic E-state index is 13.1. The molecular formula is C15H26F4O5Zr. The molecule has 148 valence electrons. The van der Waals surface area contributed by atoms with E-state index in [2.05, 4.69) is 4.74 Å². The number of halogens is 4. The molecule has 0 aliphatic rings. The van der Waals surface area contributed by atoms with Crippen LogP contribution in [0, 0.1) is 23.3 Å². The van der Waals surface area contributed by atoms with Gasteiger partial charge in [-0.1, -0.05) is 0 Å². The molecule has 0 saturated carbocycles. The summed E-state index contributed by atoms with van der Waals surface area (Å²) in [6.07, 6.45) is 0. The molecule has 0 saturated heterocycles. The molecule has 1 rings (SSSR count). The van der Waals surface area contributed by atoms with Crippen molar-refractivity contribution >= 4 is 0 Å². The van der Waals surface area contributed by atoms with E-state index in [-0.39, 0.29) is 46.0 Å². The summed E-state index contributed by atoms with van der Waals surface area (Å²) in [5.41, 5.74) is -1.85. The van der Waals surface area contributed by atoms with Gasteiger partial charge >= 0.3 is 0 Å². The summed E-state index contributed by atoms with van der Waals surface area (Å²) in [6, 6.07) is 0. The minimum atomic E-state index is -1.59. The fraction of sp³-hybridized carbons (Fsp3) is 0.600. The molecule has 0 heterocycles. The number of rotatable bonds is 3. The summed E-state index contributed by atoms with van der Waals surface area (Å²) in [5.74, 6) is -6.27. The molecule has 1 aromatic carbocycles. The Morgan fingerprint density at radius 2 is 0.920 bits per heavy atom. The minimum absolute atomic E-state index is 0. The number of hydrogen-bond donors (Lipinski definition) is 4. The minimum Gasteiger partial charge on any atom is -0.397 e. The largest absolute Gasteiger partial charge is 0.397 e. The van der Waals surface area contributed by atoms with E-state index in [4.69, 9.17) is 20.4 Å². The average molecular weight is 454 g/mol. The molecule has 25 heavy (non-hydrogen) atoms. The number of benzene rings is 1. The Morgan fingerprint density at radius 3 is 1.12 bits per heavy atom. The molecule has 0 aromatic heterocycles. The molecular weight excluding hydrogens is 427 g/mol. The van der Waals surface area contributed by atoms with Crippen LogP contribution in [0.2, 0.25) is 0 Å². The van der Waals surface area contributed by atoms with Crippen molar-refractivity contribution in [2.24, 2.45) is 0 Å². The number of hydrogen-bond acceptors (Lipinski definition) is 5. The molecule has 0 aliphatic heterocycles. The second-order valence-electron chi connectivity index (χ2n) is 3.75. The summed E-state index contributed by atoms with van der Waals surface area (Å²) in [4.78, 5) is 0. The van der Waals surface area contributed by atoms with Crippen molar-refractivity contribution in [1.29, 1.82) is 0 Å². The zero-order chi connectivity index (χ0) is 19.7. The predicted octanol–water partition coefficient (Wildman–Crippen LogP) is 1.87. The second kappa shape index (κ2) is 21.7. The van der Waals surface area contributed by atoms with E-state index in [1.54, 1.807) is 20.8 Å². The molecule has 0 aliphatic carbocycles. The van der Waals surface area contributed by atoms with Crippen molar-refractivity contribution in [2.75, 3.05) is 26.9 Å². The monoisotopic (exact) mass is 452 g/mol. The Morgan fingerprint density at radius 1 is 0.680 bits per heavy atom. The molecule has 0 spiro atoms. The SMILES string of the molecule is CCO.CCO.CCO.COCc1c(F)c(F)c(CO)c(F)c1F.[Zr]. The van der Waals surface area contributed by atoms with Crippen LogP contribution in [0.25, 0.3) is 0 Å². The topological polar surface area (TPSA) is 90.2 Å². The van der Waals surface area contributed by atoms with Gasteiger partial charge in [0.2, 0.25) is 0 Å². The van der Waals surface area contributed by atoms with E-state index in [0.29, 0.717) is 0 Å². The molecule has 1 aromatic rings. The second-order valence-corrected chi connectivity index (χ2v) is 3.75. The van der Waals surface area contributed by atoms with Crippen LogP contribution in [0.1, 0.15) is 31.9 Å². The van der Waals surface area contributed by atoms with Crippen LogP contribution >= 0.6 is 0 Å². The van der Waals surface area contributed by atoms with Gasteiger partial charge in [0.25, 0.3) is 0 Å². The van der Waals surface area contributed by atoms with Crippen molar-refractivity contribution in [3.8, 4) is 0 Å². The fourth-order valence-corrected chi connectivity index (χ4v) is 1.13. The van der Waals surface area contributed by atoms with Crippen molar-refractivity contribution in [3.63, 3.8) is 0 Å². The van der Waals surface area contributed by atoms with E-state index in [1.807, 2.05) is 0 Å². The van der Waals surface area contributed by atoms with E-state index >= 15 is 0 Å². The number of aliphatic hydroxyl groups is 4. The molecule has 0 radical (unpaired) electrons. The van der Waals surface area contributed by atoms with Gasteiger partial charge in [0.05, 0.1) is 24.3 Å². The zero-order valence-corrected chi connectivity index (χ0v) is 17.2. The first-order valence-electron chi connectivity index (χ1n) is 7.05. The van der Waals surface area contributed by atoms with Crippen LogP contribution in [0.4, 0.5) is 17.6 Å². The fourth-order valence-electron chi connectivity index (χ4n) is 1.13. The number of ether oxygens (including phenoxy) is 1. The van der Waals surface area contributed by atoms with E-state index in [1.165, 1.54) is 0 Å². The average Bonchev–Trinajstić information content (AvgIpc) is 2.53. The van der Waals surface area contributed by atoms with Crippen LogP contribution in [-0.4, -0.2) is 47.4 Å². The Kier molecular flexibility index (Phi) is 28.0. The van der Waals surface area contributed by atoms with E-state index in [9.17, 15) is 17.6 Å². The van der Waals surface area contributed by atoms with Gasteiger partial charge in [-0.15, -0.1) is 0 Å². The molecule has 0 bridgehead atoms. The smallest absolute Gasteiger partial charge is 0.167 e. The Hall–Kier alpha value is -0.377. The van der Waals surface area contributed by atoms with Crippen LogP contribution in [0.5, 0.6) is 0 Å². The number of aliphatic hydroxyl groups excluding tert-OH is 4. The van der Waals surface area contributed by atoms with Gasteiger partial charge in [-0.3, -0.25) is 0 Å². The zero-order valence-electron chi connectivity index (χ0n) is 14.7. The van der Waals surface area contributed by atoms with Crippen molar-refractivity contribution in [1.82, 2.24) is 0 Å². The molecule has 4 N–H and O–H groups in total. The van der Waals surface area contributed by atoms with Gasteiger partial charge in [0, 0.05) is 53.1 Å². The normalized spacial score (nSPS) is 8.64. The van der Waals surface area contributed by atoms with Gasteiger partial charge in [0.1, 0.15) is 0 Å². The Balaban J connectivity index is -0.000000186. The van der Waals surface area contributed by atoms with Gasteiger partial charge in [-0.2, -0.15) is 0 Å². The molecule has 0 fully saturated rings. The van der Waals surface area contributed by atoms with Crippen LogP contribution in [-0.2, 0) is 44.2 Å². The van der Waals surface area contributed by atoms with Gasteiger partial charge in [0.15, 0.2) is 23.3 Å². The maximum absolute atomic E-state index is 13.1. The first-order chi connectivity index (χ1) is 11.3. The van der Waals surface area contributed by atoms with Crippen molar-refractivity contribution in [3.05, 3.63) is 34.4 Å². The van der Waals surface area contributed by atoms with Crippen LogP contribution in [0.3, 0.4) is 0 Å². The Labute approximate surface area is 164 Å². The first-order valence-corrected chi connectivity index (χ1v) is 7.05. The Bertz CT molecular complexity index is 403. The molecule has 0 unspecified atom stereocenters. The summed E-state index contributed by atoms with van der Waals surface area (Å²) >= 11 is 0. The summed E-state index contributed by atoms with van der Waals surface area (Å²) in [6.45, 7) is 4.09. The van der Waals surface area contributed by atoms with E-state index in [0.717, 1.165) is 7.11 Å².